The average molecular weight is 329 g/mol. The highest BCUT2D eigenvalue weighted by atomic mass is 79.9. The van der Waals surface area contributed by atoms with Crippen LogP contribution in [0.4, 0.5) is 5.95 Å². The van der Waals surface area contributed by atoms with Gasteiger partial charge in [0.05, 0.1) is 17.8 Å². The van der Waals surface area contributed by atoms with E-state index in [9.17, 15) is 0 Å². The van der Waals surface area contributed by atoms with E-state index in [2.05, 4.69) is 50.0 Å². The molecule has 1 N–H and O–H groups in total. The Hall–Kier alpha value is -0.880. The standard InChI is InChI=1S/C13H21BrN4O/c1-9(2)15-7-10-5-4-6-18(10)13-16-8-11(14)12(17-13)19-3/h8-10,15H,4-7H2,1-3H3. The molecule has 106 valence electrons. The van der Waals surface area contributed by atoms with Gasteiger partial charge in [-0.25, -0.2) is 4.98 Å². The summed E-state index contributed by atoms with van der Waals surface area (Å²) in [5.74, 6) is 1.35. The third-order valence-electron chi connectivity index (χ3n) is 3.29. The fourth-order valence-corrected chi connectivity index (χ4v) is 2.66. The van der Waals surface area contributed by atoms with Crippen LogP contribution in [-0.2, 0) is 0 Å². The van der Waals surface area contributed by atoms with Crippen LogP contribution in [0.15, 0.2) is 10.7 Å². The molecule has 1 aromatic rings. The number of rotatable bonds is 5. The van der Waals surface area contributed by atoms with Gasteiger partial charge in [-0.3, -0.25) is 0 Å². The van der Waals surface area contributed by atoms with Gasteiger partial charge in [-0.05, 0) is 28.8 Å². The Morgan fingerprint density at radius 1 is 1.58 bits per heavy atom. The monoisotopic (exact) mass is 328 g/mol. The van der Waals surface area contributed by atoms with Crippen molar-refractivity contribution in [1.29, 1.82) is 0 Å². The molecule has 5 nitrogen and oxygen atoms in total. The van der Waals surface area contributed by atoms with Crippen LogP contribution in [0.3, 0.4) is 0 Å². The van der Waals surface area contributed by atoms with E-state index < -0.39 is 0 Å². The summed E-state index contributed by atoms with van der Waals surface area (Å²) >= 11 is 3.38. The van der Waals surface area contributed by atoms with Crippen molar-refractivity contribution in [3.8, 4) is 5.88 Å². The predicted molar refractivity (Wildman–Crippen MR) is 79.8 cm³/mol. The summed E-state index contributed by atoms with van der Waals surface area (Å²) in [5, 5.41) is 3.49. The molecule has 2 rings (SSSR count). The van der Waals surface area contributed by atoms with E-state index >= 15 is 0 Å². The molecule has 0 radical (unpaired) electrons. The first-order valence-corrected chi connectivity index (χ1v) is 7.47. The molecule has 0 amide bonds. The second-order valence-electron chi connectivity index (χ2n) is 5.08. The Labute approximate surface area is 122 Å². The molecular formula is C13H21BrN4O. The van der Waals surface area contributed by atoms with Crippen molar-refractivity contribution in [2.24, 2.45) is 0 Å². The van der Waals surface area contributed by atoms with Crippen LogP contribution in [0.5, 0.6) is 5.88 Å². The number of hydrogen-bond donors (Lipinski definition) is 1. The molecule has 6 heteroatoms. The van der Waals surface area contributed by atoms with Crippen LogP contribution < -0.4 is 15.0 Å². The molecule has 0 spiro atoms. The van der Waals surface area contributed by atoms with Gasteiger partial charge in [-0.2, -0.15) is 4.98 Å². The van der Waals surface area contributed by atoms with Crippen LogP contribution in [0.2, 0.25) is 0 Å². The maximum absolute atomic E-state index is 5.24. The van der Waals surface area contributed by atoms with Crippen LogP contribution >= 0.6 is 15.9 Å². The minimum absolute atomic E-state index is 0.466. The molecule has 1 fully saturated rings. The second-order valence-corrected chi connectivity index (χ2v) is 5.93. The third kappa shape index (κ3) is 3.57. The number of ether oxygens (including phenoxy) is 1. The highest BCUT2D eigenvalue weighted by molar-refractivity contribution is 9.10. The van der Waals surface area contributed by atoms with Crippen molar-refractivity contribution in [3.63, 3.8) is 0 Å². The minimum Gasteiger partial charge on any atom is -0.480 e. The molecule has 1 saturated heterocycles. The lowest BCUT2D eigenvalue weighted by molar-refractivity contribution is 0.393. The molecule has 2 heterocycles. The van der Waals surface area contributed by atoms with Gasteiger partial charge in [0.25, 0.3) is 0 Å². The molecule has 1 unspecified atom stereocenters. The Balaban J connectivity index is 2.11. The van der Waals surface area contributed by atoms with E-state index in [1.165, 1.54) is 12.8 Å². The molecule has 0 aliphatic carbocycles. The lowest BCUT2D eigenvalue weighted by Gasteiger charge is -2.26. The molecule has 1 aromatic heterocycles. The summed E-state index contributed by atoms with van der Waals surface area (Å²) in [7, 11) is 1.62. The first-order valence-electron chi connectivity index (χ1n) is 6.68. The van der Waals surface area contributed by atoms with Gasteiger partial charge in [-0.1, -0.05) is 13.8 Å². The highest BCUT2D eigenvalue weighted by Crippen LogP contribution is 2.27. The van der Waals surface area contributed by atoms with Crippen molar-refractivity contribution in [2.75, 3.05) is 25.1 Å². The van der Waals surface area contributed by atoms with Gasteiger partial charge in [-0.15, -0.1) is 0 Å². The van der Waals surface area contributed by atoms with Crippen LogP contribution in [0.25, 0.3) is 0 Å². The summed E-state index contributed by atoms with van der Waals surface area (Å²) in [6.07, 6.45) is 4.13. The quantitative estimate of drug-likeness (QED) is 0.898. The number of nitrogens with zero attached hydrogens (tertiary/aromatic N) is 3. The normalized spacial score (nSPS) is 19.2. The van der Waals surface area contributed by atoms with Crippen LogP contribution in [-0.4, -0.2) is 42.3 Å². The number of methoxy groups -OCH3 is 1. The Bertz CT molecular complexity index is 427. The summed E-state index contributed by atoms with van der Waals surface area (Å²) in [4.78, 5) is 11.1. The first-order chi connectivity index (χ1) is 9.11. The van der Waals surface area contributed by atoms with Gasteiger partial charge < -0.3 is 15.0 Å². The smallest absolute Gasteiger partial charge is 0.232 e. The largest absolute Gasteiger partial charge is 0.480 e. The lowest BCUT2D eigenvalue weighted by atomic mass is 10.2. The van der Waals surface area contributed by atoms with E-state index in [0.29, 0.717) is 18.0 Å². The summed E-state index contributed by atoms with van der Waals surface area (Å²) in [6, 6.07) is 0.969. The average Bonchev–Trinajstić information content (AvgIpc) is 2.85. The zero-order valence-corrected chi connectivity index (χ0v) is 13.3. The number of halogens is 1. The Kier molecular flexibility index (Phi) is 4.99. The molecule has 0 saturated carbocycles. The minimum atomic E-state index is 0.466. The zero-order valence-electron chi connectivity index (χ0n) is 11.7. The van der Waals surface area contributed by atoms with Crippen LogP contribution in [0.1, 0.15) is 26.7 Å². The van der Waals surface area contributed by atoms with E-state index in [1.54, 1.807) is 13.3 Å². The molecule has 0 aromatic carbocycles. The molecular weight excluding hydrogens is 308 g/mol. The Morgan fingerprint density at radius 2 is 2.37 bits per heavy atom. The zero-order chi connectivity index (χ0) is 13.8. The van der Waals surface area contributed by atoms with Crippen molar-refractivity contribution in [3.05, 3.63) is 10.7 Å². The van der Waals surface area contributed by atoms with Gasteiger partial charge in [0.2, 0.25) is 11.8 Å². The van der Waals surface area contributed by atoms with Gasteiger partial charge >= 0.3 is 0 Å². The fourth-order valence-electron chi connectivity index (χ4n) is 2.31. The molecule has 1 atom stereocenters. The van der Waals surface area contributed by atoms with Gasteiger partial charge in [0.15, 0.2) is 0 Å². The van der Waals surface area contributed by atoms with E-state index in [4.69, 9.17) is 4.74 Å². The summed E-state index contributed by atoms with van der Waals surface area (Å²) in [5.41, 5.74) is 0. The number of nitrogens with one attached hydrogen (secondary N) is 1. The predicted octanol–water partition coefficient (Wildman–Crippen LogP) is 2.21. The first kappa shape index (κ1) is 14.5. The summed E-state index contributed by atoms with van der Waals surface area (Å²) < 4.78 is 6.03. The fraction of sp³-hybridized carbons (Fsp3) is 0.692. The highest BCUT2D eigenvalue weighted by Gasteiger charge is 2.27. The number of aromatic nitrogens is 2. The molecule has 1 aliphatic rings. The molecule has 19 heavy (non-hydrogen) atoms. The Morgan fingerprint density at radius 3 is 3.05 bits per heavy atom. The number of hydrogen-bond acceptors (Lipinski definition) is 5. The lowest BCUT2D eigenvalue weighted by Crippen LogP contribution is -2.41. The number of anilines is 1. The van der Waals surface area contributed by atoms with Gasteiger partial charge in [0, 0.05) is 25.2 Å². The summed E-state index contributed by atoms with van der Waals surface area (Å²) in [6.45, 7) is 6.31. The molecule has 0 bridgehead atoms. The topological polar surface area (TPSA) is 50.3 Å². The SMILES string of the molecule is COc1nc(N2CCCC2CNC(C)C)ncc1Br. The maximum Gasteiger partial charge on any atom is 0.232 e. The molecule has 1 aliphatic heterocycles. The van der Waals surface area contributed by atoms with E-state index in [1.807, 2.05) is 0 Å². The van der Waals surface area contributed by atoms with Crippen molar-refractivity contribution >= 4 is 21.9 Å². The van der Waals surface area contributed by atoms with Crippen molar-refractivity contribution < 1.29 is 4.74 Å². The van der Waals surface area contributed by atoms with E-state index in [0.717, 1.165) is 23.5 Å². The second kappa shape index (κ2) is 6.52. The van der Waals surface area contributed by atoms with Crippen LogP contribution in [0, 0.1) is 0 Å². The van der Waals surface area contributed by atoms with Crippen molar-refractivity contribution in [2.45, 2.75) is 38.8 Å². The maximum atomic E-state index is 5.24. The van der Waals surface area contributed by atoms with E-state index in [-0.39, 0.29) is 0 Å². The third-order valence-corrected chi connectivity index (χ3v) is 3.83. The van der Waals surface area contributed by atoms with Crippen molar-refractivity contribution in [1.82, 2.24) is 15.3 Å². The van der Waals surface area contributed by atoms with Gasteiger partial charge in [0.1, 0.15) is 0 Å².